The predicted octanol–water partition coefficient (Wildman–Crippen LogP) is 2.90. The normalized spacial score (nSPS) is 14.9. The van der Waals surface area contributed by atoms with Gasteiger partial charge >= 0.3 is 0 Å². The molecule has 192 valence electrons. The number of piperazine rings is 1. The van der Waals surface area contributed by atoms with Gasteiger partial charge in [0.25, 0.3) is 5.91 Å². The van der Waals surface area contributed by atoms with Crippen LogP contribution < -0.4 is 16.0 Å². The zero-order valence-corrected chi connectivity index (χ0v) is 21.5. The molecule has 3 N–H and O–H groups in total. The fourth-order valence-electron chi connectivity index (χ4n) is 4.65. The molecule has 4 heterocycles. The minimum absolute atomic E-state index is 0.0467. The van der Waals surface area contributed by atoms with Gasteiger partial charge in [-0.15, -0.1) is 0 Å². The molecule has 1 fully saturated rings. The molecule has 1 aliphatic rings. The summed E-state index contributed by atoms with van der Waals surface area (Å²) in [6, 6.07) is 9.81. The summed E-state index contributed by atoms with van der Waals surface area (Å²) in [5, 5.41) is 9.22. The molecular formula is C26H31N9O2. The number of aromatic nitrogens is 5. The predicted molar refractivity (Wildman–Crippen MR) is 142 cm³/mol. The zero-order chi connectivity index (χ0) is 26.3. The van der Waals surface area contributed by atoms with E-state index in [1.807, 2.05) is 56.1 Å². The largest absolute Gasteiger partial charge is 0.364 e. The number of nitrogens with one attached hydrogen (secondary N) is 1. The van der Waals surface area contributed by atoms with Crippen LogP contribution in [-0.4, -0.2) is 67.6 Å². The number of hydrogen-bond acceptors (Lipinski definition) is 8. The molecule has 11 nitrogen and oxygen atoms in total. The average Bonchev–Trinajstić information content (AvgIpc) is 3.29. The lowest BCUT2D eigenvalue weighted by Gasteiger charge is -2.34. The van der Waals surface area contributed by atoms with Crippen molar-refractivity contribution in [1.82, 2.24) is 29.6 Å². The third-order valence-corrected chi connectivity index (χ3v) is 6.73. The molecule has 5 rings (SSSR count). The molecule has 3 aromatic heterocycles. The second-order valence-corrected chi connectivity index (χ2v) is 9.64. The summed E-state index contributed by atoms with van der Waals surface area (Å²) in [6.07, 6.45) is 1.85. The van der Waals surface area contributed by atoms with E-state index in [-0.39, 0.29) is 23.7 Å². The van der Waals surface area contributed by atoms with E-state index in [4.69, 9.17) is 20.8 Å². The fourth-order valence-corrected chi connectivity index (χ4v) is 4.65. The molecule has 11 heteroatoms. The highest BCUT2D eigenvalue weighted by atomic mass is 16.2. The van der Waals surface area contributed by atoms with Crippen LogP contribution in [0.5, 0.6) is 0 Å². The van der Waals surface area contributed by atoms with Gasteiger partial charge in [0.1, 0.15) is 5.52 Å². The number of rotatable bonds is 6. The Labute approximate surface area is 214 Å². The van der Waals surface area contributed by atoms with E-state index in [9.17, 15) is 9.59 Å². The van der Waals surface area contributed by atoms with Gasteiger partial charge in [-0.3, -0.25) is 19.3 Å². The second-order valence-electron chi connectivity index (χ2n) is 9.64. The molecule has 1 saturated heterocycles. The van der Waals surface area contributed by atoms with Crippen molar-refractivity contribution in [1.29, 1.82) is 0 Å². The third-order valence-electron chi connectivity index (χ3n) is 6.73. The Kier molecular flexibility index (Phi) is 6.36. The molecule has 1 aromatic carbocycles. The Bertz CT molecular complexity index is 1490. The van der Waals surface area contributed by atoms with Crippen molar-refractivity contribution < 1.29 is 9.59 Å². The maximum atomic E-state index is 12.5. The first-order chi connectivity index (χ1) is 17.7. The SMILES string of the molecule is CC(=O)N1CCN(c2nc(NC(C)c3cnc4ccccc4c3)c3nn(C(C)C)c(C(N)=O)c3n2)CC1. The second kappa shape index (κ2) is 9.64. The number of primary amides is 1. The number of nitrogens with two attached hydrogens (primary N) is 1. The highest BCUT2D eigenvalue weighted by molar-refractivity contribution is 6.05. The van der Waals surface area contributed by atoms with Crippen LogP contribution in [0.1, 0.15) is 55.8 Å². The number of benzene rings is 1. The number of nitrogens with zero attached hydrogens (tertiary/aromatic N) is 7. The first kappa shape index (κ1) is 24.4. The molecule has 1 atom stereocenters. The van der Waals surface area contributed by atoms with E-state index in [1.165, 1.54) is 0 Å². The monoisotopic (exact) mass is 501 g/mol. The Morgan fingerprint density at radius 2 is 1.76 bits per heavy atom. The molecule has 2 amide bonds. The standard InChI is InChI=1S/C26H31N9O2/c1-15(2)35-23(24(27)37)21-22(32-35)25(31-26(30-21)34-11-9-33(10-12-34)17(4)36)29-16(3)19-13-18-7-5-6-8-20(18)28-14-19/h5-8,13-16H,9-12H2,1-4H3,(H2,27,37)(H,29,30,31). The van der Waals surface area contributed by atoms with Crippen molar-refractivity contribution in [2.24, 2.45) is 5.73 Å². The van der Waals surface area contributed by atoms with Gasteiger partial charge < -0.3 is 20.9 Å². The van der Waals surface area contributed by atoms with Gasteiger partial charge in [-0.25, -0.2) is 4.98 Å². The van der Waals surface area contributed by atoms with Crippen molar-refractivity contribution in [3.8, 4) is 0 Å². The molecule has 1 aliphatic heterocycles. The molecule has 0 radical (unpaired) electrons. The van der Waals surface area contributed by atoms with Crippen LogP contribution in [0.25, 0.3) is 21.9 Å². The molecule has 4 aromatic rings. The van der Waals surface area contributed by atoms with Crippen LogP contribution in [0.3, 0.4) is 0 Å². The van der Waals surface area contributed by atoms with Gasteiger partial charge in [0.2, 0.25) is 11.9 Å². The number of hydrogen-bond donors (Lipinski definition) is 2. The number of para-hydroxylation sites is 1. The van der Waals surface area contributed by atoms with E-state index >= 15 is 0 Å². The van der Waals surface area contributed by atoms with Crippen LogP contribution in [0.2, 0.25) is 0 Å². The summed E-state index contributed by atoms with van der Waals surface area (Å²) < 4.78 is 1.60. The summed E-state index contributed by atoms with van der Waals surface area (Å²) in [6.45, 7) is 9.79. The van der Waals surface area contributed by atoms with Crippen molar-refractivity contribution in [2.45, 2.75) is 39.8 Å². The van der Waals surface area contributed by atoms with Crippen LogP contribution in [0.15, 0.2) is 36.5 Å². The molecular weight excluding hydrogens is 470 g/mol. The summed E-state index contributed by atoms with van der Waals surface area (Å²) in [5.41, 5.74) is 8.84. The van der Waals surface area contributed by atoms with Gasteiger partial charge in [-0.05, 0) is 38.5 Å². The lowest BCUT2D eigenvalue weighted by Crippen LogP contribution is -2.48. The van der Waals surface area contributed by atoms with Gasteiger partial charge in [0, 0.05) is 50.7 Å². The quantitative estimate of drug-likeness (QED) is 0.412. The number of amides is 2. The van der Waals surface area contributed by atoms with Crippen molar-refractivity contribution in [2.75, 3.05) is 36.4 Å². The van der Waals surface area contributed by atoms with Crippen LogP contribution in [0.4, 0.5) is 11.8 Å². The topological polar surface area (TPSA) is 135 Å². The van der Waals surface area contributed by atoms with E-state index in [0.29, 0.717) is 49.0 Å². The van der Waals surface area contributed by atoms with Crippen LogP contribution in [-0.2, 0) is 4.79 Å². The molecule has 0 bridgehead atoms. The number of anilines is 2. The van der Waals surface area contributed by atoms with Gasteiger partial charge in [-0.1, -0.05) is 18.2 Å². The average molecular weight is 502 g/mol. The number of fused-ring (bicyclic) bond motifs is 2. The van der Waals surface area contributed by atoms with Crippen molar-refractivity contribution in [3.05, 3.63) is 47.8 Å². The Balaban J connectivity index is 1.57. The number of carbonyl (C=O) groups is 2. The Morgan fingerprint density at radius 1 is 1.03 bits per heavy atom. The molecule has 0 spiro atoms. The number of carbonyl (C=O) groups excluding carboxylic acids is 2. The van der Waals surface area contributed by atoms with Crippen LogP contribution in [0, 0.1) is 0 Å². The van der Waals surface area contributed by atoms with Crippen LogP contribution >= 0.6 is 0 Å². The smallest absolute Gasteiger partial charge is 0.269 e. The fraction of sp³-hybridized carbons (Fsp3) is 0.385. The summed E-state index contributed by atoms with van der Waals surface area (Å²) in [7, 11) is 0. The molecule has 0 saturated carbocycles. The van der Waals surface area contributed by atoms with E-state index < -0.39 is 5.91 Å². The lowest BCUT2D eigenvalue weighted by molar-refractivity contribution is -0.129. The van der Waals surface area contributed by atoms with Gasteiger partial charge in [0.05, 0.1) is 11.6 Å². The molecule has 0 aliphatic carbocycles. The lowest BCUT2D eigenvalue weighted by atomic mass is 10.1. The summed E-state index contributed by atoms with van der Waals surface area (Å²) >= 11 is 0. The Hall–Kier alpha value is -4.28. The van der Waals surface area contributed by atoms with Gasteiger partial charge in [-0.2, -0.15) is 10.1 Å². The van der Waals surface area contributed by atoms with E-state index in [2.05, 4.69) is 16.4 Å². The minimum atomic E-state index is -0.597. The maximum Gasteiger partial charge on any atom is 0.269 e. The van der Waals surface area contributed by atoms with E-state index in [0.717, 1.165) is 16.5 Å². The Morgan fingerprint density at radius 3 is 2.43 bits per heavy atom. The minimum Gasteiger partial charge on any atom is -0.364 e. The summed E-state index contributed by atoms with van der Waals surface area (Å²) in [5.74, 6) is 0.426. The zero-order valence-electron chi connectivity index (χ0n) is 21.5. The van der Waals surface area contributed by atoms with Gasteiger partial charge in [0.15, 0.2) is 17.0 Å². The van der Waals surface area contributed by atoms with Crippen molar-refractivity contribution >= 4 is 45.5 Å². The highest BCUT2D eigenvalue weighted by Crippen LogP contribution is 2.30. The third kappa shape index (κ3) is 4.64. The molecule has 37 heavy (non-hydrogen) atoms. The first-order valence-electron chi connectivity index (χ1n) is 12.4. The first-order valence-corrected chi connectivity index (χ1v) is 12.4. The number of pyridine rings is 1. The maximum absolute atomic E-state index is 12.5. The van der Waals surface area contributed by atoms with Crippen molar-refractivity contribution in [3.63, 3.8) is 0 Å². The molecule has 1 unspecified atom stereocenters. The highest BCUT2D eigenvalue weighted by Gasteiger charge is 2.27. The van der Waals surface area contributed by atoms with E-state index in [1.54, 1.807) is 16.5 Å². The summed E-state index contributed by atoms with van der Waals surface area (Å²) in [4.78, 5) is 42.3.